The third-order valence-electron chi connectivity index (χ3n) is 6.11. The lowest BCUT2D eigenvalue weighted by Gasteiger charge is -2.11. The van der Waals surface area contributed by atoms with Crippen LogP contribution in [0.4, 0.5) is 0 Å². The van der Waals surface area contributed by atoms with Gasteiger partial charge in [-0.25, -0.2) is 4.98 Å². The molecule has 1 atom stereocenters. The number of methoxy groups -OCH3 is 1. The van der Waals surface area contributed by atoms with Gasteiger partial charge in [-0.15, -0.1) is 0 Å². The first-order valence-electron chi connectivity index (χ1n) is 11.0. The molecule has 2 N–H and O–H groups in total. The molecule has 4 aromatic rings. The fourth-order valence-corrected chi connectivity index (χ4v) is 4.48. The van der Waals surface area contributed by atoms with E-state index in [2.05, 4.69) is 10.6 Å². The zero-order chi connectivity index (χ0) is 22.9. The van der Waals surface area contributed by atoms with Crippen LogP contribution in [0.2, 0.25) is 5.02 Å². The van der Waals surface area contributed by atoms with Gasteiger partial charge in [0.05, 0.1) is 17.8 Å². The van der Waals surface area contributed by atoms with Crippen LogP contribution in [0.25, 0.3) is 28.0 Å². The number of aromatic nitrogens is 2. The summed E-state index contributed by atoms with van der Waals surface area (Å²) in [6.45, 7) is 3.80. The lowest BCUT2D eigenvalue weighted by atomic mass is 10.0. The highest BCUT2D eigenvalue weighted by Gasteiger charge is 2.17. The van der Waals surface area contributed by atoms with Crippen molar-refractivity contribution in [2.45, 2.75) is 19.4 Å². The quantitative estimate of drug-likeness (QED) is 0.452. The number of pyridine rings is 1. The highest BCUT2D eigenvalue weighted by atomic mass is 35.5. The fraction of sp³-hybridized carbons (Fsp3) is 0.231. The molecule has 168 valence electrons. The van der Waals surface area contributed by atoms with Crippen molar-refractivity contribution in [2.75, 3.05) is 20.2 Å². The maximum atomic E-state index is 12.5. The van der Waals surface area contributed by atoms with E-state index in [-0.39, 0.29) is 11.9 Å². The molecule has 3 heterocycles. The van der Waals surface area contributed by atoms with E-state index < -0.39 is 0 Å². The molecule has 1 saturated heterocycles. The maximum Gasteiger partial charge on any atom is 0.251 e. The second-order valence-electron chi connectivity index (χ2n) is 8.35. The van der Waals surface area contributed by atoms with Gasteiger partial charge in [-0.2, -0.15) is 0 Å². The van der Waals surface area contributed by atoms with Gasteiger partial charge in [-0.05, 0) is 73.0 Å². The zero-order valence-electron chi connectivity index (χ0n) is 18.6. The van der Waals surface area contributed by atoms with Crippen molar-refractivity contribution in [3.63, 3.8) is 0 Å². The highest BCUT2D eigenvalue weighted by molar-refractivity contribution is 6.32. The van der Waals surface area contributed by atoms with Crippen molar-refractivity contribution in [3.8, 4) is 28.1 Å². The van der Waals surface area contributed by atoms with Gasteiger partial charge in [0.1, 0.15) is 11.4 Å². The molecule has 33 heavy (non-hydrogen) atoms. The molecular formula is C26H25ClN4O2. The van der Waals surface area contributed by atoms with Gasteiger partial charge in [-0.3, -0.25) is 4.79 Å². The Balaban J connectivity index is 1.40. The van der Waals surface area contributed by atoms with E-state index in [4.69, 9.17) is 21.3 Å². The molecule has 5 rings (SSSR count). The number of hydrogen-bond acceptors (Lipinski definition) is 4. The second-order valence-corrected chi connectivity index (χ2v) is 8.76. The van der Waals surface area contributed by atoms with Crippen LogP contribution >= 0.6 is 11.6 Å². The average molecular weight is 461 g/mol. The Kier molecular flexibility index (Phi) is 5.79. The van der Waals surface area contributed by atoms with Gasteiger partial charge >= 0.3 is 0 Å². The summed E-state index contributed by atoms with van der Waals surface area (Å²) >= 11 is 6.35. The van der Waals surface area contributed by atoms with Crippen molar-refractivity contribution >= 4 is 23.2 Å². The molecule has 0 radical (unpaired) electrons. The van der Waals surface area contributed by atoms with E-state index in [1.165, 1.54) is 0 Å². The van der Waals surface area contributed by atoms with E-state index in [9.17, 15) is 4.79 Å². The number of aryl methyl sites for hydroxylation is 1. The van der Waals surface area contributed by atoms with Crippen molar-refractivity contribution in [1.29, 1.82) is 0 Å². The van der Waals surface area contributed by atoms with Crippen LogP contribution in [0.3, 0.4) is 0 Å². The first-order valence-corrected chi connectivity index (χ1v) is 11.3. The summed E-state index contributed by atoms with van der Waals surface area (Å²) in [4.78, 5) is 17.3. The third kappa shape index (κ3) is 4.32. The van der Waals surface area contributed by atoms with Crippen molar-refractivity contribution in [3.05, 3.63) is 77.1 Å². The Hall–Kier alpha value is -3.35. The predicted octanol–water partition coefficient (Wildman–Crippen LogP) is 4.73. The number of fused-ring (bicyclic) bond motifs is 1. The van der Waals surface area contributed by atoms with Crippen LogP contribution in [0.15, 0.2) is 60.9 Å². The minimum absolute atomic E-state index is 0.0304. The molecule has 0 spiro atoms. The van der Waals surface area contributed by atoms with Crippen molar-refractivity contribution < 1.29 is 9.53 Å². The van der Waals surface area contributed by atoms with E-state index in [1.807, 2.05) is 72.2 Å². The Labute approximate surface area is 197 Å². The first-order chi connectivity index (χ1) is 16.0. The largest absolute Gasteiger partial charge is 0.495 e. The number of carbonyl (C=O) groups excluding carboxylic acids is 1. The van der Waals surface area contributed by atoms with Gasteiger partial charge in [0, 0.05) is 36.1 Å². The average Bonchev–Trinajstić information content (AvgIpc) is 3.49. The smallest absolute Gasteiger partial charge is 0.251 e. The Morgan fingerprint density at radius 3 is 2.73 bits per heavy atom. The van der Waals surface area contributed by atoms with Gasteiger partial charge in [0.15, 0.2) is 0 Å². The topological polar surface area (TPSA) is 67.7 Å². The molecular weight excluding hydrogens is 436 g/mol. The number of carbonyl (C=O) groups is 1. The standard InChI is InChI=1S/C26H25ClN4O2/c1-16-11-24(33-2)22(27)13-21(16)23-15-31-10-8-19(12-25(31)30-23)17-3-5-18(6-4-17)26(32)29-20-7-9-28-14-20/h3-6,8,10-13,15,20,28H,7,9,14H2,1-2H3,(H,29,32). The number of ether oxygens (including phenoxy) is 1. The Morgan fingerprint density at radius 2 is 2.00 bits per heavy atom. The number of halogens is 1. The van der Waals surface area contributed by atoms with Gasteiger partial charge in [-0.1, -0.05) is 23.7 Å². The first kappa shape index (κ1) is 21.5. The van der Waals surface area contributed by atoms with Crippen LogP contribution in [0.5, 0.6) is 5.75 Å². The number of hydrogen-bond donors (Lipinski definition) is 2. The molecule has 7 heteroatoms. The number of amides is 1. The Bertz CT molecular complexity index is 1320. The van der Waals surface area contributed by atoms with Gasteiger partial charge in [0.25, 0.3) is 5.91 Å². The molecule has 1 aliphatic rings. The molecule has 1 amide bonds. The zero-order valence-corrected chi connectivity index (χ0v) is 19.3. The van der Waals surface area contributed by atoms with E-state index in [1.54, 1.807) is 7.11 Å². The number of benzene rings is 2. The normalized spacial score (nSPS) is 15.7. The summed E-state index contributed by atoms with van der Waals surface area (Å²) in [7, 11) is 1.61. The fourth-order valence-electron chi connectivity index (χ4n) is 4.24. The molecule has 1 unspecified atom stereocenters. The van der Waals surface area contributed by atoms with Crippen molar-refractivity contribution in [2.24, 2.45) is 0 Å². The molecule has 0 aliphatic carbocycles. The molecule has 0 bridgehead atoms. The van der Waals surface area contributed by atoms with Crippen LogP contribution in [0, 0.1) is 6.92 Å². The molecule has 1 aliphatic heterocycles. The van der Waals surface area contributed by atoms with Crippen LogP contribution in [-0.2, 0) is 0 Å². The molecule has 1 fully saturated rings. The lowest BCUT2D eigenvalue weighted by Crippen LogP contribution is -2.36. The summed E-state index contributed by atoms with van der Waals surface area (Å²) in [5.41, 5.74) is 6.44. The van der Waals surface area contributed by atoms with Crippen LogP contribution < -0.4 is 15.4 Å². The summed E-state index contributed by atoms with van der Waals surface area (Å²) in [6, 6.07) is 15.8. The van der Waals surface area contributed by atoms with Crippen LogP contribution in [0.1, 0.15) is 22.3 Å². The summed E-state index contributed by atoms with van der Waals surface area (Å²) < 4.78 is 7.30. The molecule has 2 aromatic heterocycles. The number of nitrogens with zero attached hydrogens (tertiary/aromatic N) is 2. The molecule has 0 saturated carbocycles. The Morgan fingerprint density at radius 1 is 1.18 bits per heavy atom. The predicted molar refractivity (Wildman–Crippen MR) is 131 cm³/mol. The minimum Gasteiger partial charge on any atom is -0.495 e. The van der Waals surface area contributed by atoms with Gasteiger partial charge in [0.2, 0.25) is 0 Å². The molecule has 2 aromatic carbocycles. The third-order valence-corrected chi connectivity index (χ3v) is 6.41. The molecule has 6 nitrogen and oxygen atoms in total. The minimum atomic E-state index is -0.0304. The number of imidazole rings is 1. The highest BCUT2D eigenvalue weighted by Crippen LogP contribution is 2.33. The lowest BCUT2D eigenvalue weighted by molar-refractivity contribution is 0.0940. The summed E-state index contributed by atoms with van der Waals surface area (Å²) in [5.74, 6) is 0.623. The van der Waals surface area contributed by atoms with E-state index >= 15 is 0 Å². The maximum absolute atomic E-state index is 12.5. The monoisotopic (exact) mass is 460 g/mol. The SMILES string of the molecule is COc1cc(C)c(-c2cn3ccc(-c4ccc(C(=O)NC5CCNC5)cc4)cc3n2)cc1Cl. The second kappa shape index (κ2) is 8.89. The van der Waals surface area contributed by atoms with Crippen LogP contribution in [-0.4, -0.2) is 41.5 Å². The van der Waals surface area contributed by atoms with Crippen molar-refractivity contribution in [1.82, 2.24) is 20.0 Å². The number of rotatable bonds is 5. The summed E-state index contributed by atoms with van der Waals surface area (Å²) in [6.07, 6.45) is 4.96. The van der Waals surface area contributed by atoms with Gasteiger partial charge < -0.3 is 19.8 Å². The van der Waals surface area contributed by atoms with E-state index in [0.717, 1.165) is 53.1 Å². The summed E-state index contributed by atoms with van der Waals surface area (Å²) in [5, 5.41) is 6.90. The number of nitrogens with one attached hydrogen (secondary N) is 2. The van der Waals surface area contributed by atoms with E-state index in [0.29, 0.717) is 16.3 Å².